The number of carbonyl (C=O) groups is 1. The zero-order valence-corrected chi connectivity index (χ0v) is 20.1. The largest absolute Gasteiger partial charge is 0.476 e. The number of fused-ring (bicyclic) bond motifs is 1. The SMILES string of the molecule is CC(C(=O)NCCOc1cc(N2CCCCC2)ncn1)n1nc(-c2ccc3c(c2)OCO3)ccc1=O. The van der Waals surface area contributed by atoms with Crippen molar-refractivity contribution in [3.63, 3.8) is 0 Å². The van der Waals surface area contributed by atoms with Gasteiger partial charge in [0.1, 0.15) is 24.8 Å². The van der Waals surface area contributed by atoms with Gasteiger partial charge in [0.15, 0.2) is 11.5 Å². The van der Waals surface area contributed by atoms with Gasteiger partial charge in [0.05, 0.1) is 12.2 Å². The summed E-state index contributed by atoms with van der Waals surface area (Å²) in [6, 6.07) is 9.45. The summed E-state index contributed by atoms with van der Waals surface area (Å²) < 4.78 is 17.6. The second-order valence-corrected chi connectivity index (χ2v) is 8.65. The van der Waals surface area contributed by atoms with E-state index in [1.54, 1.807) is 25.1 Å². The first kappa shape index (κ1) is 23.6. The number of nitrogens with one attached hydrogen (secondary N) is 1. The molecule has 188 valence electrons. The molecule has 1 unspecified atom stereocenters. The molecule has 4 heterocycles. The number of carbonyl (C=O) groups excluding carboxylic acids is 1. The van der Waals surface area contributed by atoms with Crippen LogP contribution < -0.4 is 30.0 Å². The Hall–Kier alpha value is -4.15. The monoisotopic (exact) mass is 492 g/mol. The summed E-state index contributed by atoms with van der Waals surface area (Å²) in [4.78, 5) is 35.9. The number of aromatic nitrogens is 4. The highest BCUT2D eigenvalue weighted by Crippen LogP contribution is 2.35. The molecule has 11 nitrogen and oxygen atoms in total. The molecule has 1 aromatic carbocycles. The van der Waals surface area contributed by atoms with Crippen LogP contribution in [0.4, 0.5) is 5.82 Å². The predicted molar refractivity (Wildman–Crippen MR) is 131 cm³/mol. The van der Waals surface area contributed by atoms with Crippen LogP contribution in [0.15, 0.2) is 47.5 Å². The van der Waals surface area contributed by atoms with Gasteiger partial charge in [-0.1, -0.05) is 0 Å². The summed E-state index contributed by atoms with van der Waals surface area (Å²) in [5, 5.41) is 7.21. The molecule has 2 aliphatic rings. The van der Waals surface area contributed by atoms with E-state index in [0.717, 1.165) is 37.3 Å². The summed E-state index contributed by atoms with van der Waals surface area (Å²) in [6.45, 7) is 4.24. The van der Waals surface area contributed by atoms with Crippen LogP contribution in [0.1, 0.15) is 32.2 Å². The number of benzene rings is 1. The van der Waals surface area contributed by atoms with Crippen molar-refractivity contribution in [3.05, 3.63) is 53.1 Å². The number of amides is 1. The molecule has 1 amide bonds. The summed E-state index contributed by atoms with van der Waals surface area (Å²) in [5.74, 6) is 2.25. The average molecular weight is 493 g/mol. The van der Waals surface area contributed by atoms with Gasteiger partial charge in [-0.05, 0) is 50.5 Å². The molecular formula is C25H28N6O5. The topological polar surface area (TPSA) is 121 Å². The van der Waals surface area contributed by atoms with Gasteiger partial charge in [-0.3, -0.25) is 9.59 Å². The van der Waals surface area contributed by atoms with Gasteiger partial charge >= 0.3 is 0 Å². The Morgan fingerprint density at radius 1 is 1.08 bits per heavy atom. The number of hydrogen-bond donors (Lipinski definition) is 1. The van der Waals surface area contributed by atoms with E-state index in [2.05, 4.69) is 25.3 Å². The molecule has 3 aromatic rings. The maximum Gasteiger partial charge on any atom is 0.267 e. The minimum Gasteiger partial charge on any atom is -0.476 e. The van der Waals surface area contributed by atoms with Crippen molar-refractivity contribution in [1.29, 1.82) is 0 Å². The second kappa shape index (κ2) is 10.6. The van der Waals surface area contributed by atoms with E-state index in [1.165, 1.54) is 23.5 Å². The molecule has 5 rings (SSSR count). The van der Waals surface area contributed by atoms with Crippen molar-refractivity contribution >= 4 is 11.7 Å². The molecule has 1 atom stereocenters. The van der Waals surface area contributed by atoms with E-state index in [9.17, 15) is 9.59 Å². The van der Waals surface area contributed by atoms with Crippen molar-refractivity contribution < 1.29 is 19.0 Å². The normalized spacial score (nSPS) is 15.4. The van der Waals surface area contributed by atoms with E-state index >= 15 is 0 Å². The van der Waals surface area contributed by atoms with Crippen LogP contribution >= 0.6 is 0 Å². The first-order valence-electron chi connectivity index (χ1n) is 12.1. The molecule has 2 aliphatic heterocycles. The molecule has 0 spiro atoms. The van der Waals surface area contributed by atoms with Gasteiger partial charge in [-0.25, -0.2) is 14.6 Å². The van der Waals surface area contributed by atoms with E-state index < -0.39 is 6.04 Å². The lowest BCUT2D eigenvalue weighted by Crippen LogP contribution is -2.38. The van der Waals surface area contributed by atoms with E-state index in [-0.39, 0.29) is 31.4 Å². The quantitative estimate of drug-likeness (QED) is 0.472. The molecule has 0 aliphatic carbocycles. The van der Waals surface area contributed by atoms with Crippen LogP contribution in [0.25, 0.3) is 11.3 Å². The maximum absolute atomic E-state index is 12.7. The van der Waals surface area contributed by atoms with Gasteiger partial charge in [0, 0.05) is 30.8 Å². The highest BCUT2D eigenvalue weighted by atomic mass is 16.7. The lowest BCUT2D eigenvalue weighted by atomic mass is 10.1. The fraction of sp³-hybridized carbons (Fsp3) is 0.400. The standard InChI is InChI=1S/C25H28N6O5/c1-17(31-24(32)8-6-19(29-31)18-5-7-20-21(13-18)36-16-35-20)25(33)26-9-12-34-23-14-22(27-15-28-23)30-10-3-2-4-11-30/h5-8,13-15,17H,2-4,9-12,16H2,1H3,(H,26,33). The first-order valence-corrected chi connectivity index (χ1v) is 12.1. The van der Waals surface area contributed by atoms with Gasteiger partial charge in [-0.2, -0.15) is 5.10 Å². The van der Waals surface area contributed by atoms with Crippen LogP contribution in [0.2, 0.25) is 0 Å². The van der Waals surface area contributed by atoms with Crippen LogP contribution in [-0.2, 0) is 4.79 Å². The highest BCUT2D eigenvalue weighted by Gasteiger charge is 2.19. The smallest absolute Gasteiger partial charge is 0.267 e. The minimum atomic E-state index is -0.809. The number of hydrogen-bond acceptors (Lipinski definition) is 9. The average Bonchev–Trinajstić information content (AvgIpc) is 3.40. The van der Waals surface area contributed by atoms with Crippen molar-refractivity contribution in [1.82, 2.24) is 25.1 Å². The summed E-state index contributed by atoms with van der Waals surface area (Å²) in [5.41, 5.74) is 0.927. The fourth-order valence-electron chi connectivity index (χ4n) is 4.21. The number of rotatable bonds is 8. The lowest BCUT2D eigenvalue weighted by Gasteiger charge is -2.27. The summed E-state index contributed by atoms with van der Waals surface area (Å²) in [6.07, 6.45) is 5.04. The lowest BCUT2D eigenvalue weighted by molar-refractivity contribution is -0.124. The second-order valence-electron chi connectivity index (χ2n) is 8.65. The zero-order chi connectivity index (χ0) is 24.9. The highest BCUT2D eigenvalue weighted by molar-refractivity contribution is 5.79. The van der Waals surface area contributed by atoms with Gasteiger partial charge < -0.3 is 24.4 Å². The predicted octanol–water partition coefficient (Wildman–Crippen LogP) is 2.18. The van der Waals surface area contributed by atoms with Gasteiger partial charge in [0.25, 0.3) is 5.56 Å². The molecule has 1 N–H and O–H groups in total. The van der Waals surface area contributed by atoms with E-state index in [4.69, 9.17) is 14.2 Å². The number of ether oxygens (including phenoxy) is 3. The van der Waals surface area contributed by atoms with Crippen molar-refractivity contribution in [2.75, 3.05) is 37.9 Å². The molecular weight excluding hydrogens is 464 g/mol. The Balaban J connectivity index is 1.17. The van der Waals surface area contributed by atoms with Crippen molar-refractivity contribution in [3.8, 4) is 28.6 Å². The zero-order valence-electron chi connectivity index (χ0n) is 20.1. The van der Waals surface area contributed by atoms with Gasteiger partial charge in [0.2, 0.25) is 18.6 Å². The third-order valence-electron chi connectivity index (χ3n) is 6.20. The molecule has 0 saturated carbocycles. The molecule has 11 heteroatoms. The Bertz CT molecular complexity index is 1290. The van der Waals surface area contributed by atoms with Crippen LogP contribution in [0, 0.1) is 0 Å². The fourth-order valence-corrected chi connectivity index (χ4v) is 4.21. The Morgan fingerprint density at radius 2 is 1.92 bits per heavy atom. The molecule has 1 saturated heterocycles. The Labute approximate surface area is 208 Å². The van der Waals surface area contributed by atoms with Gasteiger partial charge in [-0.15, -0.1) is 0 Å². The maximum atomic E-state index is 12.7. The molecule has 0 radical (unpaired) electrons. The number of nitrogens with zero attached hydrogens (tertiary/aromatic N) is 5. The number of anilines is 1. The Morgan fingerprint density at radius 3 is 2.78 bits per heavy atom. The van der Waals surface area contributed by atoms with E-state index in [0.29, 0.717) is 23.1 Å². The van der Waals surface area contributed by atoms with Crippen LogP contribution in [0.3, 0.4) is 0 Å². The molecule has 0 bridgehead atoms. The van der Waals surface area contributed by atoms with E-state index in [1.807, 2.05) is 12.1 Å². The van der Waals surface area contributed by atoms with Crippen LogP contribution in [-0.4, -0.2) is 58.7 Å². The summed E-state index contributed by atoms with van der Waals surface area (Å²) >= 11 is 0. The molecule has 2 aromatic heterocycles. The summed E-state index contributed by atoms with van der Waals surface area (Å²) in [7, 11) is 0. The third kappa shape index (κ3) is 5.24. The molecule has 1 fully saturated rings. The van der Waals surface area contributed by atoms with Crippen molar-refractivity contribution in [2.45, 2.75) is 32.2 Å². The number of piperidine rings is 1. The third-order valence-corrected chi connectivity index (χ3v) is 6.20. The molecule has 36 heavy (non-hydrogen) atoms. The first-order chi connectivity index (χ1) is 17.6. The van der Waals surface area contributed by atoms with Crippen LogP contribution in [0.5, 0.6) is 17.4 Å². The Kier molecular flexibility index (Phi) is 6.96. The van der Waals surface area contributed by atoms with Crippen molar-refractivity contribution in [2.24, 2.45) is 0 Å². The minimum absolute atomic E-state index is 0.170.